The number of aliphatic hydroxyl groups excluding tert-OH is 1. The number of ether oxygens (including phenoxy) is 1. The third kappa shape index (κ3) is 12.9. The lowest BCUT2D eigenvalue weighted by atomic mass is 9.83. The van der Waals surface area contributed by atoms with Gasteiger partial charge in [0.2, 0.25) is 5.91 Å². The second-order valence-corrected chi connectivity index (χ2v) is 12.9. The topological polar surface area (TPSA) is 162 Å². The largest absolute Gasteiger partial charge is 0.481 e. The van der Waals surface area contributed by atoms with Crippen molar-refractivity contribution in [2.24, 2.45) is 11.8 Å². The Labute approximate surface area is 228 Å². The predicted molar refractivity (Wildman–Crippen MR) is 144 cm³/mol. The number of nitrogens with zero attached hydrogens (tertiary/aromatic N) is 1. The van der Waals surface area contributed by atoms with E-state index in [-0.39, 0.29) is 50.8 Å². The van der Waals surface area contributed by atoms with E-state index in [0.29, 0.717) is 18.8 Å². The van der Waals surface area contributed by atoms with Crippen molar-refractivity contribution in [3.63, 3.8) is 0 Å². The van der Waals surface area contributed by atoms with Gasteiger partial charge in [0.1, 0.15) is 5.54 Å². The molecule has 4 N–H and O–H groups in total. The van der Waals surface area contributed by atoms with Crippen LogP contribution in [0.15, 0.2) is 0 Å². The first-order valence-electron chi connectivity index (χ1n) is 13.8. The monoisotopic (exact) mass is 563 g/mol. The third-order valence-electron chi connectivity index (χ3n) is 6.77. The Morgan fingerprint density at radius 2 is 1.74 bits per heavy atom. The molecule has 0 bridgehead atoms. The quantitative estimate of drug-likeness (QED) is 0.185. The summed E-state index contributed by atoms with van der Waals surface area (Å²) in [6, 6.07) is -0.690. The summed E-state index contributed by atoms with van der Waals surface area (Å²) < 4.78 is 35.3. The summed E-state index contributed by atoms with van der Waals surface area (Å²) >= 11 is 0. The molecule has 1 amide bonds. The molecule has 2 atom stereocenters. The summed E-state index contributed by atoms with van der Waals surface area (Å²) in [7, 11) is -4.21. The van der Waals surface area contributed by atoms with Crippen molar-refractivity contribution in [1.29, 1.82) is 0 Å². The summed E-state index contributed by atoms with van der Waals surface area (Å²) in [6.07, 6.45) is 5.12. The summed E-state index contributed by atoms with van der Waals surface area (Å²) in [5.41, 5.74) is -1.52. The number of carboxylic acid groups (broad SMARTS) is 1. The van der Waals surface area contributed by atoms with Gasteiger partial charge in [0.05, 0.1) is 18.8 Å². The fourth-order valence-electron chi connectivity index (χ4n) is 4.56. The number of nitrogens with one attached hydrogen (secondary N) is 2. The zero-order chi connectivity index (χ0) is 28.9. The molecule has 0 saturated heterocycles. The third-order valence-corrected chi connectivity index (χ3v) is 8.55. The maximum absolute atomic E-state index is 13.4. The van der Waals surface area contributed by atoms with Gasteiger partial charge in [0.15, 0.2) is 0 Å². The van der Waals surface area contributed by atoms with E-state index < -0.39 is 39.8 Å². The number of carbonyl (C=O) groups is 3. The predicted octanol–water partition coefficient (Wildman–Crippen LogP) is 2.58. The van der Waals surface area contributed by atoms with Crippen LogP contribution in [0.5, 0.6) is 0 Å². The molecule has 11 nitrogen and oxygen atoms in total. The summed E-state index contributed by atoms with van der Waals surface area (Å²) in [5, 5.41) is 23.0. The minimum absolute atomic E-state index is 0.00480. The number of carbonyl (C=O) groups excluding carboxylic acids is 2. The zero-order valence-electron chi connectivity index (χ0n) is 23.7. The van der Waals surface area contributed by atoms with Crippen molar-refractivity contribution in [1.82, 2.24) is 14.3 Å². The second kappa shape index (κ2) is 16.4. The molecule has 0 spiro atoms. The molecule has 1 aliphatic rings. The van der Waals surface area contributed by atoms with Crippen molar-refractivity contribution < 1.29 is 37.8 Å². The average Bonchev–Trinajstić information content (AvgIpc) is 2.80. The van der Waals surface area contributed by atoms with Gasteiger partial charge in [-0.3, -0.25) is 14.4 Å². The summed E-state index contributed by atoms with van der Waals surface area (Å²) in [6.45, 7) is 8.34. The van der Waals surface area contributed by atoms with Crippen LogP contribution in [0.25, 0.3) is 0 Å². The minimum atomic E-state index is -4.21. The van der Waals surface area contributed by atoms with Crippen molar-refractivity contribution in [2.75, 3.05) is 19.7 Å². The Morgan fingerprint density at radius 1 is 1.11 bits per heavy atom. The summed E-state index contributed by atoms with van der Waals surface area (Å²) in [4.78, 5) is 35.7. The standard InChI is InChI=1S/C26H49N3O8S/c1-6-37-25(34)26(4,5)28-38(35,36)29(16-15-19(2)3)18-22(30)21(17-20-11-8-7-9-12-20)27-23(31)13-10-14-24(32)33/h19-22,28,30H,6-18H2,1-5H3,(H,27,31)(H,32,33)/t21-,22?/m0/s1. The Morgan fingerprint density at radius 3 is 2.29 bits per heavy atom. The Bertz CT molecular complexity index is 857. The number of esters is 1. The van der Waals surface area contributed by atoms with E-state index in [9.17, 15) is 27.9 Å². The molecule has 0 aromatic heterocycles. The maximum atomic E-state index is 13.4. The van der Waals surface area contributed by atoms with Crippen LogP contribution in [0.3, 0.4) is 0 Å². The van der Waals surface area contributed by atoms with Crippen LogP contribution in [0.4, 0.5) is 0 Å². The number of rotatable bonds is 18. The van der Waals surface area contributed by atoms with Crippen LogP contribution in [0.2, 0.25) is 0 Å². The molecule has 0 aromatic rings. The molecule has 0 heterocycles. The first kappa shape index (κ1) is 34.3. The van der Waals surface area contributed by atoms with E-state index in [1.165, 1.54) is 13.8 Å². The molecule has 38 heavy (non-hydrogen) atoms. The van der Waals surface area contributed by atoms with E-state index in [2.05, 4.69) is 10.0 Å². The molecule has 1 aliphatic carbocycles. The van der Waals surface area contributed by atoms with Gasteiger partial charge in [-0.05, 0) is 51.9 Å². The lowest BCUT2D eigenvalue weighted by Crippen LogP contribution is -2.57. The van der Waals surface area contributed by atoms with Crippen LogP contribution in [0.1, 0.15) is 98.8 Å². The lowest BCUT2D eigenvalue weighted by Gasteiger charge is -2.34. The molecule has 12 heteroatoms. The number of amides is 1. The number of aliphatic carboxylic acids is 1. The van der Waals surface area contributed by atoms with Gasteiger partial charge in [-0.1, -0.05) is 46.0 Å². The Balaban J connectivity index is 3.09. The Kier molecular flexibility index (Phi) is 14.8. The van der Waals surface area contributed by atoms with Crippen LogP contribution >= 0.6 is 0 Å². The molecular formula is C26H49N3O8S. The van der Waals surface area contributed by atoms with Crippen molar-refractivity contribution in [3.05, 3.63) is 0 Å². The first-order chi connectivity index (χ1) is 17.7. The van der Waals surface area contributed by atoms with Crippen LogP contribution in [0, 0.1) is 11.8 Å². The highest BCUT2D eigenvalue weighted by Crippen LogP contribution is 2.28. The highest BCUT2D eigenvalue weighted by atomic mass is 32.2. The lowest BCUT2D eigenvalue weighted by molar-refractivity contribution is -0.149. The number of aliphatic hydroxyl groups is 1. The number of hydrogen-bond donors (Lipinski definition) is 4. The van der Waals surface area contributed by atoms with Gasteiger partial charge in [-0.25, -0.2) is 0 Å². The van der Waals surface area contributed by atoms with Gasteiger partial charge in [-0.2, -0.15) is 17.4 Å². The SMILES string of the molecule is CCOC(=O)C(C)(C)NS(=O)(=O)N(CCC(C)C)CC(O)[C@H](CC1CCCCC1)NC(=O)CCCC(=O)O. The zero-order valence-corrected chi connectivity index (χ0v) is 24.5. The van der Waals surface area contributed by atoms with Gasteiger partial charge in [0, 0.05) is 25.9 Å². The van der Waals surface area contributed by atoms with E-state index in [1.54, 1.807) is 6.92 Å². The van der Waals surface area contributed by atoms with E-state index in [1.807, 2.05) is 13.8 Å². The van der Waals surface area contributed by atoms with Crippen LogP contribution in [-0.2, 0) is 29.3 Å². The molecule has 1 unspecified atom stereocenters. The van der Waals surface area contributed by atoms with Gasteiger partial charge >= 0.3 is 11.9 Å². The second-order valence-electron chi connectivity index (χ2n) is 11.2. The fourth-order valence-corrected chi connectivity index (χ4v) is 6.11. The van der Waals surface area contributed by atoms with Crippen molar-refractivity contribution >= 4 is 28.1 Å². The molecule has 222 valence electrons. The van der Waals surface area contributed by atoms with Gasteiger partial charge in [-0.15, -0.1) is 0 Å². The minimum Gasteiger partial charge on any atom is -0.481 e. The summed E-state index contributed by atoms with van der Waals surface area (Å²) in [5.74, 6) is -1.58. The van der Waals surface area contributed by atoms with Crippen LogP contribution < -0.4 is 10.0 Å². The normalized spacial score (nSPS) is 16.8. The van der Waals surface area contributed by atoms with Gasteiger partial charge in [0.25, 0.3) is 10.2 Å². The molecule has 0 aliphatic heterocycles. The fraction of sp³-hybridized carbons (Fsp3) is 0.885. The molecule has 1 rings (SSSR count). The molecule has 1 fully saturated rings. The molecular weight excluding hydrogens is 514 g/mol. The molecule has 0 radical (unpaired) electrons. The maximum Gasteiger partial charge on any atom is 0.326 e. The number of carboxylic acids is 1. The van der Waals surface area contributed by atoms with E-state index >= 15 is 0 Å². The Hall–Kier alpha value is -1.76. The van der Waals surface area contributed by atoms with E-state index in [0.717, 1.165) is 36.4 Å². The van der Waals surface area contributed by atoms with Crippen molar-refractivity contribution in [3.8, 4) is 0 Å². The molecule has 0 aromatic carbocycles. The van der Waals surface area contributed by atoms with Crippen molar-refractivity contribution in [2.45, 2.75) is 117 Å². The average molecular weight is 564 g/mol. The first-order valence-corrected chi connectivity index (χ1v) is 15.3. The van der Waals surface area contributed by atoms with Crippen LogP contribution in [-0.4, -0.2) is 78.2 Å². The molecule has 1 saturated carbocycles. The number of hydrogen-bond acceptors (Lipinski definition) is 7. The highest BCUT2D eigenvalue weighted by molar-refractivity contribution is 7.87. The van der Waals surface area contributed by atoms with Gasteiger partial charge < -0.3 is 20.3 Å². The smallest absolute Gasteiger partial charge is 0.326 e. The van der Waals surface area contributed by atoms with E-state index in [4.69, 9.17) is 9.84 Å². The highest BCUT2D eigenvalue weighted by Gasteiger charge is 2.38.